The van der Waals surface area contributed by atoms with E-state index >= 15 is 0 Å². The zero-order valence-electron chi connectivity index (χ0n) is 19.9. The van der Waals surface area contributed by atoms with Gasteiger partial charge in [-0.25, -0.2) is 23.3 Å². The number of halogens is 2. The number of aromatic nitrogens is 7. The topological polar surface area (TPSA) is 101 Å². The number of rotatable bonds is 6. The number of nitrogens with zero attached hydrogens (tertiary/aromatic N) is 7. The molecule has 1 saturated heterocycles. The number of nitrogens with one attached hydrogen (secondary N) is 2. The van der Waals surface area contributed by atoms with E-state index in [1.165, 1.54) is 6.07 Å². The molecule has 1 aromatic carbocycles. The molecule has 1 aliphatic heterocycles. The van der Waals surface area contributed by atoms with E-state index in [-0.39, 0.29) is 18.1 Å². The van der Waals surface area contributed by atoms with E-state index in [0.29, 0.717) is 30.2 Å². The molecule has 0 spiro atoms. The Morgan fingerprint density at radius 1 is 1.17 bits per heavy atom. The lowest BCUT2D eigenvalue weighted by atomic mass is 10.3. The van der Waals surface area contributed by atoms with Gasteiger partial charge in [-0.2, -0.15) is 5.10 Å². The van der Waals surface area contributed by atoms with Crippen LogP contribution in [-0.2, 0) is 11.3 Å². The summed E-state index contributed by atoms with van der Waals surface area (Å²) in [4.78, 5) is 14.1. The summed E-state index contributed by atoms with van der Waals surface area (Å²) in [5, 5.41) is 12.7. The van der Waals surface area contributed by atoms with Crippen LogP contribution in [0.5, 0.6) is 0 Å². The number of ether oxygens (including phenoxy) is 1. The first-order valence-electron chi connectivity index (χ1n) is 11.8. The minimum absolute atomic E-state index is 0.0223. The maximum absolute atomic E-state index is 14.1. The number of hydrogen-bond acceptors (Lipinski definition) is 7. The van der Waals surface area contributed by atoms with Gasteiger partial charge in [0.1, 0.15) is 11.3 Å². The summed E-state index contributed by atoms with van der Waals surface area (Å²) < 4.78 is 37.0. The fraction of sp³-hybridized carbons (Fsp3) is 0.333. The molecule has 12 heteroatoms. The third-order valence-corrected chi connectivity index (χ3v) is 6.26. The van der Waals surface area contributed by atoms with Gasteiger partial charge in [0.05, 0.1) is 49.1 Å². The molecule has 10 nitrogen and oxygen atoms in total. The summed E-state index contributed by atoms with van der Waals surface area (Å²) in [5.74, 6) is -0.634. The third-order valence-electron chi connectivity index (χ3n) is 6.26. The number of benzene rings is 1. The molecule has 0 atom stereocenters. The van der Waals surface area contributed by atoms with Gasteiger partial charge >= 0.3 is 0 Å². The van der Waals surface area contributed by atoms with E-state index < -0.39 is 11.6 Å². The van der Waals surface area contributed by atoms with Crippen LogP contribution < -0.4 is 10.2 Å². The highest BCUT2D eigenvalue weighted by atomic mass is 19.2. The van der Waals surface area contributed by atoms with Gasteiger partial charge in [-0.3, -0.25) is 4.68 Å². The van der Waals surface area contributed by atoms with Crippen molar-refractivity contribution in [1.29, 1.82) is 0 Å². The Morgan fingerprint density at radius 2 is 2.00 bits per heavy atom. The molecule has 4 aromatic heterocycles. The molecule has 0 unspecified atom stereocenters. The van der Waals surface area contributed by atoms with Crippen molar-refractivity contribution >= 4 is 28.2 Å². The quantitative estimate of drug-likeness (QED) is 0.371. The number of anilines is 2. The van der Waals surface area contributed by atoms with Crippen LogP contribution in [0.15, 0.2) is 36.8 Å². The van der Waals surface area contributed by atoms with Crippen molar-refractivity contribution in [3.05, 3.63) is 54.2 Å². The van der Waals surface area contributed by atoms with Gasteiger partial charge in [0.2, 0.25) is 0 Å². The van der Waals surface area contributed by atoms with Crippen molar-refractivity contribution in [3.63, 3.8) is 0 Å². The van der Waals surface area contributed by atoms with E-state index in [2.05, 4.69) is 44.1 Å². The molecule has 5 aromatic rings. The number of H-pyrrole nitrogens is 1. The monoisotopic (exact) mass is 493 g/mol. The Balaban J connectivity index is 1.38. The van der Waals surface area contributed by atoms with E-state index in [1.54, 1.807) is 6.20 Å². The number of imidazole rings is 2. The predicted octanol–water partition coefficient (Wildman–Crippen LogP) is 3.78. The second kappa shape index (κ2) is 8.86. The first-order valence-corrected chi connectivity index (χ1v) is 11.8. The van der Waals surface area contributed by atoms with Crippen LogP contribution in [0.4, 0.5) is 20.3 Å². The molecule has 2 N–H and O–H groups in total. The lowest BCUT2D eigenvalue weighted by molar-refractivity contribution is 0.122. The van der Waals surface area contributed by atoms with Crippen molar-refractivity contribution in [2.45, 2.75) is 26.4 Å². The van der Waals surface area contributed by atoms with Crippen LogP contribution in [0.2, 0.25) is 0 Å². The highest BCUT2D eigenvalue weighted by Crippen LogP contribution is 2.28. The Kier molecular flexibility index (Phi) is 5.52. The van der Waals surface area contributed by atoms with Gasteiger partial charge in [0.15, 0.2) is 23.1 Å². The van der Waals surface area contributed by atoms with Crippen LogP contribution in [-0.4, -0.2) is 60.6 Å². The zero-order chi connectivity index (χ0) is 24.8. The molecule has 1 aliphatic rings. The first-order chi connectivity index (χ1) is 17.5. The molecular weight excluding hydrogens is 468 g/mol. The van der Waals surface area contributed by atoms with Gasteiger partial charge in [-0.05, 0) is 26.0 Å². The Hall–Kier alpha value is -4.06. The average molecular weight is 494 g/mol. The molecule has 186 valence electrons. The van der Waals surface area contributed by atoms with Gasteiger partial charge in [0, 0.05) is 37.0 Å². The van der Waals surface area contributed by atoms with Gasteiger partial charge in [0.25, 0.3) is 0 Å². The van der Waals surface area contributed by atoms with Crippen molar-refractivity contribution < 1.29 is 13.5 Å². The highest BCUT2D eigenvalue weighted by Gasteiger charge is 2.20. The molecular formula is C24H25F2N9O. The fourth-order valence-corrected chi connectivity index (χ4v) is 4.31. The van der Waals surface area contributed by atoms with Crippen molar-refractivity contribution in [3.8, 4) is 11.3 Å². The number of hydrogen-bond donors (Lipinski definition) is 2. The standard InChI is InChI=1S/C24H25F2N9O/c1-14(2)34-13-15(10-29-34)19-11-28-24-18(9-21(32-35(19)24)33-5-7-36-8-6-33)27-12-20-30-17-4-3-16(25)22(26)23(17)31-20/h3-4,9-11,13-14,27H,5-8,12H2,1-2H3,(H,30,31). The van der Waals surface area contributed by atoms with E-state index in [0.717, 1.165) is 41.9 Å². The van der Waals surface area contributed by atoms with Crippen LogP contribution >= 0.6 is 0 Å². The minimum Gasteiger partial charge on any atom is -0.378 e. The summed E-state index contributed by atoms with van der Waals surface area (Å²) in [6.45, 7) is 7.10. The van der Waals surface area contributed by atoms with Gasteiger partial charge in [-0.15, -0.1) is 5.10 Å². The SMILES string of the molecule is CC(C)n1cc(-c2cnc3c(NCc4nc5c(F)c(F)ccc5[nH]4)cc(N4CCOCC4)nn23)cn1. The smallest absolute Gasteiger partial charge is 0.186 e. The zero-order valence-corrected chi connectivity index (χ0v) is 19.9. The summed E-state index contributed by atoms with van der Waals surface area (Å²) >= 11 is 0. The maximum atomic E-state index is 14.1. The lowest BCUT2D eigenvalue weighted by Crippen LogP contribution is -2.37. The number of morpholine rings is 1. The molecule has 36 heavy (non-hydrogen) atoms. The normalized spacial score (nSPS) is 14.4. The Bertz CT molecular complexity index is 1550. The molecule has 0 bridgehead atoms. The lowest BCUT2D eigenvalue weighted by Gasteiger charge is -2.28. The largest absolute Gasteiger partial charge is 0.378 e. The van der Waals surface area contributed by atoms with Crippen molar-refractivity contribution in [1.82, 2.24) is 34.3 Å². The molecule has 0 radical (unpaired) electrons. The molecule has 5 heterocycles. The predicted molar refractivity (Wildman–Crippen MR) is 131 cm³/mol. The summed E-state index contributed by atoms with van der Waals surface area (Å²) in [5.41, 5.74) is 3.50. The van der Waals surface area contributed by atoms with Crippen LogP contribution in [0, 0.1) is 11.6 Å². The van der Waals surface area contributed by atoms with Crippen LogP contribution in [0.3, 0.4) is 0 Å². The molecule has 0 amide bonds. The van der Waals surface area contributed by atoms with E-state index in [1.807, 2.05) is 27.7 Å². The maximum Gasteiger partial charge on any atom is 0.186 e. The van der Waals surface area contributed by atoms with Gasteiger partial charge < -0.3 is 19.9 Å². The molecule has 0 aliphatic carbocycles. The minimum atomic E-state index is -0.962. The fourth-order valence-electron chi connectivity index (χ4n) is 4.31. The Morgan fingerprint density at radius 3 is 2.78 bits per heavy atom. The van der Waals surface area contributed by atoms with Crippen molar-refractivity contribution in [2.75, 3.05) is 36.5 Å². The highest BCUT2D eigenvalue weighted by molar-refractivity contribution is 5.77. The van der Waals surface area contributed by atoms with E-state index in [4.69, 9.17) is 9.84 Å². The summed E-state index contributed by atoms with van der Waals surface area (Å²) in [6.07, 6.45) is 5.56. The van der Waals surface area contributed by atoms with Gasteiger partial charge in [-0.1, -0.05) is 0 Å². The average Bonchev–Trinajstić information content (AvgIpc) is 3.63. The molecule has 6 rings (SSSR count). The van der Waals surface area contributed by atoms with Crippen LogP contribution in [0.1, 0.15) is 25.7 Å². The summed E-state index contributed by atoms with van der Waals surface area (Å²) in [6, 6.07) is 4.73. The second-order valence-corrected chi connectivity index (χ2v) is 8.99. The number of fused-ring (bicyclic) bond motifs is 2. The van der Waals surface area contributed by atoms with Crippen LogP contribution in [0.25, 0.3) is 27.9 Å². The molecule has 0 saturated carbocycles. The summed E-state index contributed by atoms with van der Waals surface area (Å²) in [7, 11) is 0. The second-order valence-electron chi connectivity index (χ2n) is 8.99. The molecule has 1 fully saturated rings. The number of aromatic amines is 1. The first kappa shape index (κ1) is 22.4. The Labute approximate surface area is 204 Å². The third kappa shape index (κ3) is 3.92. The van der Waals surface area contributed by atoms with E-state index in [9.17, 15) is 8.78 Å². The van der Waals surface area contributed by atoms with Crippen molar-refractivity contribution in [2.24, 2.45) is 0 Å².